The van der Waals surface area contributed by atoms with E-state index in [1.165, 1.54) is 12.1 Å². The first kappa shape index (κ1) is 11.4. The molecule has 0 atom stereocenters. The van der Waals surface area contributed by atoms with E-state index in [0.29, 0.717) is 0 Å². The van der Waals surface area contributed by atoms with E-state index < -0.39 is 0 Å². The van der Waals surface area contributed by atoms with Gasteiger partial charge >= 0.3 is 0 Å². The summed E-state index contributed by atoms with van der Waals surface area (Å²) in [5, 5.41) is 3.52. The molecule has 1 saturated heterocycles. The fraction of sp³-hybridized carbons (Fsp3) is 0.538. The molecule has 1 fully saturated rings. The van der Waals surface area contributed by atoms with Gasteiger partial charge in [-0.1, -0.05) is 0 Å². The minimum absolute atomic E-state index is 0.169. The normalized spacial score (nSPS) is 20.6. The highest BCUT2D eigenvalue weighted by atomic mass is 19.1. The molecule has 0 spiro atoms. The summed E-state index contributed by atoms with van der Waals surface area (Å²) in [6.45, 7) is 7.42. The van der Waals surface area contributed by atoms with E-state index in [0.717, 1.165) is 31.7 Å². The van der Waals surface area contributed by atoms with Crippen molar-refractivity contribution in [3.63, 3.8) is 0 Å². The lowest BCUT2D eigenvalue weighted by Crippen LogP contribution is -2.39. The Hall–Kier alpha value is -1.09. The summed E-state index contributed by atoms with van der Waals surface area (Å²) in [5.74, 6) is -0.169. The molecule has 1 aromatic rings. The van der Waals surface area contributed by atoms with Crippen LogP contribution in [0.2, 0.25) is 0 Å². The molecule has 0 unspecified atom stereocenters. The fourth-order valence-electron chi connectivity index (χ4n) is 2.05. The summed E-state index contributed by atoms with van der Waals surface area (Å²) < 4.78 is 12.8. The highest BCUT2D eigenvalue weighted by molar-refractivity contribution is 5.46. The maximum atomic E-state index is 12.8. The Balaban J connectivity index is 2.08. The Morgan fingerprint density at radius 2 is 1.88 bits per heavy atom. The minimum Gasteiger partial charge on any atom is -0.370 e. The third-order valence-corrected chi connectivity index (χ3v) is 3.18. The van der Waals surface area contributed by atoms with Gasteiger partial charge in [0, 0.05) is 30.9 Å². The molecule has 1 aliphatic rings. The van der Waals surface area contributed by atoms with Gasteiger partial charge in [-0.2, -0.15) is 0 Å². The first-order valence-electron chi connectivity index (χ1n) is 5.82. The Morgan fingerprint density at radius 3 is 2.56 bits per heavy atom. The molecule has 1 heterocycles. The smallest absolute Gasteiger partial charge is 0.123 e. The van der Waals surface area contributed by atoms with Crippen molar-refractivity contribution < 1.29 is 4.39 Å². The number of nitrogens with zero attached hydrogens (tertiary/aromatic N) is 1. The van der Waals surface area contributed by atoms with Crippen molar-refractivity contribution in [3.8, 4) is 0 Å². The number of hydrogen-bond donors (Lipinski definition) is 1. The standard InChI is InChI=1S/C13H19FN2/c1-13(2)7-9-16(10-8-15-13)12-5-3-11(14)4-6-12/h3-6,15H,7-10H2,1-2H3. The van der Waals surface area contributed by atoms with E-state index in [4.69, 9.17) is 0 Å². The largest absolute Gasteiger partial charge is 0.370 e. The van der Waals surface area contributed by atoms with E-state index in [1.54, 1.807) is 0 Å². The molecule has 2 nitrogen and oxygen atoms in total. The maximum absolute atomic E-state index is 12.8. The molecule has 0 bridgehead atoms. The Kier molecular flexibility index (Phi) is 3.15. The summed E-state index contributed by atoms with van der Waals surface area (Å²) in [6.07, 6.45) is 1.10. The lowest BCUT2D eigenvalue weighted by molar-refractivity contribution is 0.394. The third kappa shape index (κ3) is 2.73. The molecule has 0 amide bonds. The number of nitrogens with one attached hydrogen (secondary N) is 1. The second-order valence-electron chi connectivity index (χ2n) is 5.02. The number of benzene rings is 1. The summed E-state index contributed by atoms with van der Waals surface area (Å²) in [5.41, 5.74) is 1.32. The van der Waals surface area contributed by atoms with Crippen LogP contribution in [0, 0.1) is 5.82 Å². The molecule has 1 aliphatic heterocycles. The molecule has 0 aliphatic carbocycles. The van der Waals surface area contributed by atoms with Gasteiger partial charge in [-0.15, -0.1) is 0 Å². The van der Waals surface area contributed by atoms with Crippen molar-refractivity contribution in [3.05, 3.63) is 30.1 Å². The zero-order valence-corrected chi connectivity index (χ0v) is 9.96. The van der Waals surface area contributed by atoms with Crippen molar-refractivity contribution >= 4 is 5.69 Å². The van der Waals surface area contributed by atoms with Gasteiger partial charge in [0.05, 0.1) is 0 Å². The molecule has 0 aromatic heterocycles. The second-order valence-corrected chi connectivity index (χ2v) is 5.02. The van der Waals surface area contributed by atoms with Gasteiger partial charge in [0.25, 0.3) is 0 Å². The molecular weight excluding hydrogens is 203 g/mol. The molecule has 1 N–H and O–H groups in total. The molecule has 0 radical (unpaired) electrons. The van der Waals surface area contributed by atoms with Crippen molar-refractivity contribution in [1.29, 1.82) is 0 Å². The molecular formula is C13H19FN2. The van der Waals surface area contributed by atoms with Crippen molar-refractivity contribution in [1.82, 2.24) is 5.32 Å². The van der Waals surface area contributed by atoms with Crippen LogP contribution in [0.25, 0.3) is 0 Å². The second kappa shape index (κ2) is 4.42. The van der Waals surface area contributed by atoms with Crippen LogP contribution < -0.4 is 10.2 Å². The van der Waals surface area contributed by atoms with Gasteiger partial charge in [0.15, 0.2) is 0 Å². The number of halogens is 1. The van der Waals surface area contributed by atoms with E-state index in [1.807, 2.05) is 12.1 Å². The van der Waals surface area contributed by atoms with E-state index in [-0.39, 0.29) is 11.4 Å². The summed E-state index contributed by atoms with van der Waals surface area (Å²) in [6, 6.07) is 6.76. The molecule has 2 rings (SSSR count). The van der Waals surface area contributed by atoms with Crippen LogP contribution in [0.15, 0.2) is 24.3 Å². The topological polar surface area (TPSA) is 15.3 Å². The summed E-state index contributed by atoms with van der Waals surface area (Å²) >= 11 is 0. The predicted molar refractivity (Wildman–Crippen MR) is 65.3 cm³/mol. The predicted octanol–water partition coefficient (Wildman–Crippen LogP) is 2.40. The third-order valence-electron chi connectivity index (χ3n) is 3.18. The fourth-order valence-corrected chi connectivity index (χ4v) is 2.05. The Morgan fingerprint density at radius 1 is 1.19 bits per heavy atom. The Labute approximate surface area is 96.5 Å². The number of rotatable bonds is 1. The van der Waals surface area contributed by atoms with Crippen LogP contribution in [0.4, 0.5) is 10.1 Å². The lowest BCUT2D eigenvalue weighted by atomic mass is 10.0. The summed E-state index contributed by atoms with van der Waals surface area (Å²) in [7, 11) is 0. The van der Waals surface area contributed by atoms with Crippen LogP contribution >= 0.6 is 0 Å². The van der Waals surface area contributed by atoms with Gasteiger partial charge < -0.3 is 10.2 Å². The quantitative estimate of drug-likeness (QED) is 0.785. The highest BCUT2D eigenvalue weighted by Gasteiger charge is 2.22. The maximum Gasteiger partial charge on any atom is 0.123 e. The van der Waals surface area contributed by atoms with Gasteiger partial charge in [-0.3, -0.25) is 0 Å². The van der Waals surface area contributed by atoms with Crippen LogP contribution in [-0.2, 0) is 0 Å². The molecule has 1 aromatic carbocycles. The molecule has 3 heteroatoms. The SMILES string of the molecule is CC1(C)CCN(c2ccc(F)cc2)CCN1. The monoisotopic (exact) mass is 222 g/mol. The first-order chi connectivity index (χ1) is 7.57. The van der Waals surface area contributed by atoms with Crippen LogP contribution in [0.5, 0.6) is 0 Å². The van der Waals surface area contributed by atoms with E-state index >= 15 is 0 Å². The van der Waals surface area contributed by atoms with Crippen molar-refractivity contribution in [2.45, 2.75) is 25.8 Å². The molecule has 0 saturated carbocycles. The van der Waals surface area contributed by atoms with Crippen molar-refractivity contribution in [2.24, 2.45) is 0 Å². The zero-order chi connectivity index (χ0) is 11.6. The van der Waals surface area contributed by atoms with Crippen LogP contribution in [0.3, 0.4) is 0 Å². The highest BCUT2D eigenvalue weighted by Crippen LogP contribution is 2.19. The Bertz CT molecular complexity index is 345. The van der Waals surface area contributed by atoms with Gasteiger partial charge in [0.2, 0.25) is 0 Å². The van der Waals surface area contributed by atoms with Gasteiger partial charge in [-0.25, -0.2) is 4.39 Å². The van der Waals surface area contributed by atoms with Gasteiger partial charge in [0.1, 0.15) is 5.82 Å². The van der Waals surface area contributed by atoms with Crippen molar-refractivity contribution in [2.75, 3.05) is 24.5 Å². The minimum atomic E-state index is -0.169. The number of anilines is 1. The average molecular weight is 222 g/mol. The van der Waals surface area contributed by atoms with Crippen LogP contribution in [0.1, 0.15) is 20.3 Å². The van der Waals surface area contributed by atoms with E-state index in [9.17, 15) is 4.39 Å². The molecule has 16 heavy (non-hydrogen) atoms. The zero-order valence-electron chi connectivity index (χ0n) is 9.96. The average Bonchev–Trinajstić information content (AvgIpc) is 2.41. The first-order valence-corrected chi connectivity index (χ1v) is 5.82. The van der Waals surface area contributed by atoms with Crippen LogP contribution in [-0.4, -0.2) is 25.2 Å². The number of hydrogen-bond acceptors (Lipinski definition) is 2. The van der Waals surface area contributed by atoms with E-state index in [2.05, 4.69) is 24.1 Å². The molecule has 88 valence electrons. The van der Waals surface area contributed by atoms with Gasteiger partial charge in [-0.05, 0) is 44.5 Å². The lowest BCUT2D eigenvalue weighted by Gasteiger charge is -2.24. The summed E-state index contributed by atoms with van der Waals surface area (Å²) in [4.78, 5) is 2.31.